The molecule has 0 aliphatic carbocycles. The molecule has 0 saturated heterocycles. The van der Waals surface area contributed by atoms with Crippen molar-refractivity contribution in [2.75, 3.05) is 13.6 Å². The summed E-state index contributed by atoms with van der Waals surface area (Å²) in [6.45, 7) is 5.59. The normalized spacial score (nSPS) is 10.6. The number of nitrogens with zero attached hydrogens (tertiary/aromatic N) is 4. The second-order valence-corrected chi connectivity index (χ2v) is 5.77. The van der Waals surface area contributed by atoms with Crippen LogP contribution in [0.3, 0.4) is 0 Å². The average Bonchev–Trinajstić information content (AvgIpc) is 3.34. The number of aromatic amines is 1. The molecule has 0 saturated carbocycles. The Kier molecular flexibility index (Phi) is 5.83. The molecule has 7 heteroatoms. The molecule has 3 aromatic heterocycles. The minimum atomic E-state index is -0.155. The lowest BCUT2D eigenvalue weighted by atomic mass is 10.1. The predicted molar refractivity (Wildman–Crippen MR) is 108 cm³/mol. The Morgan fingerprint density at radius 1 is 1.15 bits per heavy atom. The van der Waals surface area contributed by atoms with Gasteiger partial charge in [0.05, 0.1) is 24.5 Å². The Bertz CT molecular complexity index is 1060. The van der Waals surface area contributed by atoms with Crippen LogP contribution >= 0.6 is 0 Å². The quantitative estimate of drug-likeness (QED) is 0.571. The highest BCUT2D eigenvalue weighted by molar-refractivity contribution is 5.94. The number of hydrogen-bond acceptors (Lipinski definition) is 4. The van der Waals surface area contributed by atoms with Gasteiger partial charge in [-0.3, -0.25) is 9.48 Å². The molecule has 2 N–H and O–H groups in total. The molecule has 0 spiro atoms. The fourth-order valence-electron chi connectivity index (χ4n) is 2.93. The van der Waals surface area contributed by atoms with E-state index in [9.17, 15) is 4.79 Å². The van der Waals surface area contributed by atoms with Crippen molar-refractivity contribution in [2.45, 2.75) is 20.4 Å². The zero-order valence-corrected chi connectivity index (χ0v) is 15.8. The van der Waals surface area contributed by atoms with Crippen molar-refractivity contribution in [3.63, 3.8) is 0 Å². The Hall–Kier alpha value is -3.19. The maximum atomic E-state index is 12.5. The largest absolute Gasteiger partial charge is 0.318 e. The van der Waals surface area contributed by atoms with Crippen LogP contribution in [0.1, 0.15) is 13.8 Å². The summed E-state index contributed by atoms with van der Waals surface area (Å²) in [7, 11) is 1.91. The van der Waals surface area contributed by atoms with E-state index in [1.807, 2.05) is 72.9 Å². The molecule has 0 fully saturated rings. The summed E-state index contributed by atoms with van der Waals surface area (Å²) in [4.78, 5) is 19.5. The fraction of sp³-hybridized carbons (Fsp3) is 0.250. The molecule has 0 amide bonds. The summed E-state index contributed by atoms with van der Waals surface area (Å²) >= 11 is 0. The Morgan fingerprint density at radius 2 is 1.93 bits per heavy atom. The number of aromatic nitrogens is 5. The first kappa shape index (κ1) is 18.6. The Balaban J connectivity index is 0.00000102. The average molecular weight is 364 g/mol. The van der Waals surface area contributed by atoms with Crippen molar-refractivity contribution in [2.24, 2.45) is 0 Å². The maximum absolute atomic E-state index is 12.5. The van der Waals surface area contributed by atoms with E-state index in [0.717, 1.165) is 29.9 Å². The van der Waals surface area contributed by atoms with Crippen molar-refractivity contribution in [1.29, 1.82) is 0 Å². The molecule has 140 valence electrons. The summed E-state index contributed by atoms with van der Waals surface area (Å²) in [6, 6.07) is 9.86. The maximum Gasteiger partial charge on any atom is 0.260 e. The first-order chi connectivity index (χ1) is 13.3. The molecule has 0 atom stereocenters. The summed E-state index contributed by atoms with van der Waals surface area (Å²) in [5.41, 5.74) is 3.16. The van der Waals surface area contributed by atoms with Gasteiger partial charge in [0.25, 0.3) is 5.56 Å². The van der Waals surface area contributed by atoms with Gasteiger partial charge in [0.15, 0.2) is 5.65 Å². The summed E-state index contributed by atoms with van der Waals surface area (Å²) in [5.74, 6) is 0. The smallest absolute Gasteiger partial charge is 0.260 e. The van der Waals surface area contributed by atoms with Gasteiger partial charge in [-0.2, -0.15) is 5.10 Å². The highest BCUT2D eigenvalue weighted by Crippen LogP contribution is 2.29. The molecule has 3 heterocycles. The van der Waals surface area contributed by atoms with E-state index in [1.165, 1.54) is 6.33 Å². The molecule has 0 aliphatic heterocycles. The van der Waals surface area contributed by atoms with Gasteiger partial charge >= 0.3 is 0 Å². The van der Waals surface area contributed by atoms with E-state index in [-0.39, 0.29) is 5.56 Å². The molecule has 1 aromatic carbocycles. The molecule has 0 aliphatic rings. The zero-order chi connectivity index (χ0) is 19.2. The summed E-state index contributed by atoms with van der Waals surface area (Å²) in [5, 5.41) is 8.05. The number of nitrogens with one attached hydrogen (secondary N) is 2. The second-order valence-electron chi connectivity index (χ2n) is 5.77. The molecule has 7 nitrogen and oxygen atoms in total. The topological polar surface area (TPSA) is 80.5 Å². The lowest BCUT2D eigenvalue weighted by Gasteiger charge is -2.02. The van der Waals surface area contributed by atoms with Crippen molar-refractivity contribution in [3.8, 4) is 16.8 Å². The molecule has 4 aromatic rings. The summed E-state index contributed by atoms with van der Waals surface area (Å²) < 4.78 is 3.80. The van der Waals surface area contributed by atoms with Crippen LogP contribution in [-0.2, 0) is 6.54 Å². The number of likely N-dealkylation sites (N-methyl/N-ethyl adjacent to an activating group) is 1. The number of para-hydroxylation sites is 1. The standard InChI is InChI=1S/C18H18N6O.C2H6/c1-19-7-8-23-10-13(9-22-23)15-11-24(14-5-3-2-4-6-14)17-16(15)18(25)21-12-20-17;1-2/h2-6,9-12,19H,7-8H2,1H3,(H,20,21,25);1-2H3. The lowest BCUT2D eigenvalue weighted by Crippen LogP contribution is -2.14. The molecule has 27 heavy (non-hydrogen) atoms. The third-order valence-corrected chi connectivity index (χ3v) is 4.16. The van der Waals surface area contributed by atoms with Crippen LogP contribution < -0.4 is 10.9 Å². The van der Waals surface area contributed by atoms with Crippen molar-refractivity contribution in [3.05, 3.63) is 65.6 Å². The van der Waals surface area contributed by atoms with Gasteiger partial charge in [0, 0.05) is 35.8 Å². The fourth-order valence-corrected chi connectivity index (χ4v) is 2.93. The van der Waals surface area contributed by atoms with Gasteiger partial charge in [-0.25, -0.2) is 4.98 Å². The number of benzene rings is 1. The van der Waals surface area contributed by atoms with Crippen LogP contribution in [0.25, 0.3) is 27.8 Å². The number of fused-ring (bicyclic) bond motifs is 1. The number of rotatable bonds is 5. The molecular weight excluding hydrogens is 340 g/mol. The van der Waals surface area contributed by atoms with Crippen LogP contribution in [-0.4, -0.2) is 37.9 Å². The van der Waals surface area contributed by atoms with E-state index < -0.39 is 0 Å². The first-order valence-electron chi connectivity index (χ1n) is 9.09. The van der Waals surface area contributed by atoms with Gasteiger partial charge in [-0.05, 0) is 19.2 Å². The van der Waals surface area contributed by atoms with Crippen LogP contribution in [0, 0.1) is 0 Å². The van der Waals surface area contributed by atoms with E-state index >= 15 is 0 Å². The molecule has 0 bridgehead atoms. The third kappa shape index (κ3) is 3.68. The van der Waals surface area contributed by atoms with Gasteiger partial charge < -0.3 is 14.9 Å². The first-order valence-corrected chi connectivity index (χ1v) is 9.09. The minimum absolute atomic E-state index is 0.155. The lowest BCUT2D eigenvalue weighted by molar-refractivity contribution is 0.585. The molecule has 0 radical (unpaired) electrons. The zero-order valence-electron chi connectivity index (χ0n) is 15.8. The molecular formula is C20H24N6O. The van der Waals surface area contributed by atoms with Gasteiger partial charge in [-0.15, -0.1) is 0 Å². The van der Waals surface area contributed by atoms with Crippen LogP contribution in [0.5, 0.6) is 0 Å². The Labute approximate surface area is 157 Å². The van der Waals surface area contributed by atoms with Crippen LogP contribution in [0.15, 0.2) is 60.0 Å². The van der Waals surface area contributed by atoms with E-state index in [0.29, 0.717) is 11.0 Å². The predicted octanol–water partition coefficient (Wildman–Crippen LogP) is 2.82. The SMILES string of the molecule is CC.CNCCn1cc(-c2cn(-c3ccccc3)c3nc[nH]c(=O)c23)cn1. The van der Waals surface area contributed by atoms with Gasteiger partial charge in [0.2, 0.25) is 0 Å². The van der Waals surface area contributed by atoms with E-state index in [4.69, 9.17) is 0 Å². The summed E-state index contributed by atoms with van der Waals surface area (Å²) in [6.07, 6.45) is 7.12. The monoisotopic (exact) mass is 364 g/mol. The highest BCUT2D eigenvalue weighted by atomic mass is 16.1. The van der Waals surface area contributed by atoms with Crippen LogP contribution in [0.2, 0.25) is 0 Å². The number of H-pyrrole nitrogens is 1. The van der Waals surface area contributed by atoms with E-state index in [2.05, 4.69) is 20.4 Å². The van der Waals surface area contributed by atoms with Crippen molar-refractivity contribution >= 4 is 11.0 Å². The highest BCUT2D eigenvalue weighted by Gasteiger charge is 2.16. The second kappa shape index (κ2) is 8.46. The van der Waals surface area contributed by atoms with E-state index in [1.54, 1.807) is 6.20 Å². The molecule has 4 rings (SSSR count). The van der Waals surface area contributed by atoms with Gasteiger partial charge in [-0.1, -0.05) is 32.0 Å². The minimum Gasteiger partial charge on any atom is -0.318 e. The Morgan fingerprint density at radius 3 is 2.67 bits per heavy atom. The van der Waals surface area contributed by atoms with Crippen molar-refractivity contribution in [1.82, 2.24) is 29.6 Å². The molecule has 0 unspecified atom stereocenters. The van der Waals surface area contributed by atoms with Gasteiger partial charge in [0.1, 0.15) is 0 Å². The van der Waals surface area contributed by atoms with Crippen LogP contribution in [0.4, 0.5) is 0 Å². The number of hydrogen-bond donors (Lipinski definition) is 2. The van der Waals surface area contributed by atoms with Crippen molar-refractivity contribution < 1.29 is 0 Å². The third-order valence-electron chi connectivity index (χ3n) is 4.16.